The van der Waals surface area contributed by atoms with Crippen molar-refractivity contribution in [3.05, 3.63) is 29.8 Å². The fraction of sp³-hybridized carbons (Fsp3) is 0.478. The Bertz CT molecular complexity index is 1030. The molecule has 15 nitrogen and oxygen atoms in total. The maximum absolute atomic E-state index is 12.9. The molecule has 4 unspecified atom stereocenters. The quantitative estimate of drug-likeness (QED) is 0.0410. The maximum atomic E-state index is 12.9. The third-order valence-electron chi connectivity index (χ3n) is 5.38. The standard InChI is InChI=1S/C23H35N7O8S/c24-14(10-12-3-5-13(31)6-4-12)19(34)30-17(11-39)21(36)28-15(2-1-9-27-23(25)26)20(35)29-16(22(37)38)7-8-18(32)33/h3-6,14-17,31,39H,1-2,7-11,24H2,(H,28,36)(H,29,35)(H,30,34)(H,32,33)(H,37,38)(H4,25,26,27). The van der Waals surface area contributed by atoms with E-state index in [0.717, 1.165) is 0 Å². The molecule has 0 fully saturated rings. The number of carbonyl (C=O) groups excluding carboxylic acids is 3. The van der Waals surface area contributed by atoms with Gasteiger partial charge in [0.1, 0.15) is 23.9 Å². The smallest absolute Gasteiger partial charge is 0.326 e. The van der Waals surface area contributed by atoms with Gasteiger partial charge in [-0.3, -0.25) is 24.2 Å². The van der Waals surface area contributed by atoms with Crippen molar-refractivity contribution in [2.45, 2.75) is 56.3 Å². The molecule has 0 heterocycles. The Hall–Kier alpha value is -4.05. The normalized spacial score (nSPS) is 13.7. The number of nitrogens with two attached hydrogens (primary N) is 3. The summed E-state index contributed by atoms with van der Waals surface area (Å²) < 4.78 is 0. The molecule has 0 radical (unpaired) electrons. The van der Waals surface area contributed by atoms with Crippen molar-refractivity contribution < 1.29 is 39.3 Å². The molecule has 4 atom stereocenters. The van der Waals surface area contributed by atoms with Gasteiger partial charge in [0.2, 0.25) is 17.7 Å². The van der Waals surface area contributed by atoms with E-state index in [1.54, 1.807) is 12.1 Å². The number of hydrogen-bond acceptors (Lipinski definition) is 9. The number of aliphatic carboxylic acids is 2. The van der Waals surface area contributed by atoms with Crippen molar-refractivity contribution in [2.24, 2.45) is 22.2 Å². The summed E-state index contributed by atoms with van der Waals surface area (Å²) in [5.74, 6) is -5.29. The van der Waals surface area contributed by atoms with Crippen LogP contribution < -0.4 is 33.2 Å². The minimum Gasteiger partial charge on any atom is -0.508 e. The molecule has 0 saturated heterocycles. The zero-order valence-corrected chi connectivity index (χ0v) is 22.0. The van der Waals surface area contributed by atoms with Crippen molar-refractivity contribution >= 4 is 48.2 Å². The summed E-state index contributed by atoms with van der Waals surface area (Å²) in [4.78, 5) is 64.5. The van der Waals surface area contributed by atoms with E-state index < -0.39 is 60.2 Å². The number of nitrogens with one attached hydrogen (secondary N) is 3. The Balaban J connectivity index is 2.91. The number of nitrogens with zero attached hydrogens (tertiary/aromatic N) is 1. The summed E-state index contributed by atoms with van der Waals surface area (Å²) in [6.07, 6.45) is -0.544. The highest BCUT2D eigenvalue weighted by Gasteiger charge is 2.30. The molecule has 12 N–H and O–H groups in total. The molecular formula is C23H35N7O8S. The molecule has 0 bridgehead atoms. The zero-order valence-electron chi connectivity index (χ0n) is 21.1. The van der Waals surface area contributed by atoms with Crippen molar-refractivity contribution in [1.29, 1.82) is 0 Å². The molecule has 16 heteroatoms. The topological polar surface area (TPSA) is 273 Å². The average Bonchev–Trinajstić information content (AvgIpc) is 2.87. The molecule has 0 aliphatic rings. The second kappa shape index (κ2) is 16.7. The number of aromatic hydroxyl groups is 1. The van der Waals surface area contributed by atoms with Gasteiger partial charge in [-0.05, 0) is 43.4 Å². The Morgan fingerprint density at radius 3 is 1.97 bits per heavy atom. The number of carboxylic acid groups (broad SMARTS) is 2. The first-order valence-corrected chi connectivity index (χ1v) is 12.5. The zero-order chi connectivity index (χ0) is 29.5. The molecule has 0 saturated carbocycles. The highest BCUT2D eigenvalue weighted by Crippen LogP contribution is 2.11. The van der Waals surface area contributed by atoms with E-state index in [4.69, 9.17) is 22.3 Å². The highest BCUT2D eigenvalue weighted by atomic mass is 32.1. The number of amides is 3. The number of benzene rings is 1. The first-order valence-electron chi connectivity index (χ1n) is 11.9. The molecule has 0 aromatic heterocycles. The second-order valence-electron chi connectivity index (χ2n) is 8.56. The van der Waals surface area contributed by atoms with Gasteiger partial charge in [-0.15, -0.1) is 0 Å². The van der Waals surface area contributed by atoms with Crippen LogP contribution in [0.25, 0.3) is 0 Å². The lowest BCUT2D eigenvalue weighted by atomic mass is 10.1. The van der Waals surface area contributed by atoms with Gasteiger partial charge in [-0.25, -0.2) is 4.79 Å². The lowest BCUT2D eigenvalue weighted by Gasteiger charge is -2.24. The molecule has 0 aliphatic heterocycles. The first-order chi connectivity index (χ1) is 18.3. The predicted octanol–water partition coefficient (Wildman–Crippen LogP) is -2.35. The minimum atomic E-state index is -1.51. The van der Waals surface area contributed by atoms with Crippen LogP contribution in [-0.2, 0) is 30.4 Å². The minimum absolute atomic E-state index is 0.00672. The molecule has 1 aromatic carbocycles. The summed E-state index contributed by atoms with van der Waals surface area (Å²) >= 11 is 4.10. The fourth-order valence-corrected chi connectivity index (χ4v) is 3.55. The number of carbonyl (C=O) groups is 5. The summed E-state index contributed by atoms with van der Waals surface area (Å²) in [6.45, 7) is 0.113. The molecule has 0 aliphatic carbocycles. The van der Waals surface area contributed by atoms with E-state index in [0.29, 0.717) is 5.56 Å². The van der Waals surface area contributed by atoms with Crippen LogP contribution >= 0.6 is 12.6 Å². The molecular weight excluding hydrogens is 534 g/mol. The van der Waals surface area contributed by atoms with E-state index in [1.165, 1.54) is 12.1 Å². The van der Waals surface area contributed by atoms with Gasteiger partial charge in [-0.2, -0.15) is 12.6 Å². The number of hydrogen-bond donors (Lipinski definition) is 10. The molecule has 3 amide bonds. The van der Waals surface area contributed by atoms with Gasteiger partial charge in [0.25, 0.3) is 0 Å². The number of phenols is 1. The first kappa shape index (κ1) is 33.0. The van der Waals surface area contributed by atoms with Crippen LogP contribution in [-0.4, -0.2) is 87.4 Å². The Labute approximate surface area is 230 Å². The summed E-state index contributed by atoms with van der Waals surface area (Å²) in [5.41, 5.74) is 17.2. The van der Waals surface area contributed by atoms with Gasteiger partial charge in [0.15, 0.2) is 5.96 Å². The molecule has 1 rings (SSSR count). The lowest BCUT2D eigenvalue weighted by molar-refractivity contribution is -0.143. The Morgan fingerprint density at radius 1 is 0.872 bits per heavy atom. The van der Waals surface area contributed by atoms with Gasteiger partial charge in [-0.1, -0.05) is 12.1 Å². The SMILES string of the molecule is NC(N)=NCCCC(NC(=O)C(CS)NC(=O)C(N)Cc1ccc(O)cc1)C(=O)NC(CCC(=O)O)C(=O)O. The van der Waals surface area contributed by atoms with E-state index in [1.807, 2.05) is 0 Å². The number of phenolic OH excluding ortho intramolecular Hbond substituents is 1. The van der Waals surface area contributed by atoms with Gasteiger partial charge < -0.3 is 48.5 Å². The third kappa shape index (κ3) is 12.8. The Kier molecular flexibility index (Phi) is 14.1. The number of thiol groups is 1. The van der Waals surface area contributed by atoms with Crippen molar-refractivity contribution in [3.8, 4) is 5.75 Å². The van der Waals surface area contributed by atoms with Gasteiger partial charge >= 0.3 is 11.9 Å². The van der Waals surface area contributed by atoms with E-state index >= 15 is 0 Å². The van der Waals surface area contributed by atoms with Crippen LogP contribution in [0.1, 0.15) is 31.2 Å². The van der Waals surface area contributed by atoms with Crippen LogP contribution in [0.2, 0.25) is 0 Å². The van der Waals surface area contributed by atoms with Crippen LogP contribution in [0, 0.1) is 0 Å². The number of rotatable bonds is 17. The van der Waals surface area contributed by atoms with Crippen LogP contribution in [0.3, 0.4) is 0 Å². The van der Waals surface area contributed by atoms with Crippen LogP contribution in [0.4, 0.5) is 0 Å². The maximum Gasteiger partial charge on any atom is 0.326 e. The average molecular weight is 570 g/mol. The largest absolute Gasteiger partial charge is 0.508 e. The van der Waals surface area contributed by atoms with Crippen molar-refractivity contribution in [3.63, 3.8) is 0 Å². The number of aliphatic imine (C=N–C) groups is 1. The number of guanidine groups is 1. The molecule has 0 spiro atoms. The summed E-state index contributed by atoms with van der Waals surface area (Å²) in [5, 5.41) is 34.7. The third-order valence-corrected chi connectivity index (χ3v) is 5.75. The molecule has 39 heavy (non-hydrogen) atoms. The summed E-state index contributed by atoms with van der Waals surface area (Å²) in [7, 11) is 0. The van der Waals surface area contributed by atoms with Gasteiger partial charge in [0.05, 0.1) is 6.04 Å². The number of carboxylic acids is 2. The van der Waals surface area contributed by atoms with E-state index in [-0.39, 0.29) is 49.7 Å². The molecule has 1 aromatic rings. The highest BCUT2D eigenvalue weighted by molar-refractivity contribution is 7.80. The van der Waals surface area contributed by atoms with Crippen molar-refractivity contribution in [1.82, 2.24) is 16.0 Å². The lowest BCUT2D eigenvalue weighted by Crippen LogP contribution is -2.57. The monoisotopic (exact) mass is 569 g/mol. The van der Waals surface area contributed by atoms with Crippen LogP contribution in [0.5, 0.6) is 5.75 Å². The fourth-order valence-electron chi connectivity index (χ4n) is 3.29. The molecule has 216 valence electrons. The van der Waals surface area contributed by atoms with E-state index in [2.05, 4.69) is 33.6 Å². The van der Waals surface area contributed by atoms with Crippen LogP contribution in [0.15, 0.2) is 29.3 Å². The van der Waals surface area contributed by atoms with Gasteiger partial charge in [0, 0.05) is 18.7 Å². The Morgan fingerprint density at radius 2 is 1.44 bits per heavy atom. The summed E-state index contributed by atoms with van der Waals surface area (Å²) in [6, 6.07) is 1.08. The van der Waals surface area contributed by atoms with E-state index in [9.17, 15) is 34.2 Å². The predicted molar refractivity (Wildman–Crippen MR) is 144 cm³/mol. The van der Waals surface area contributed by atoms with Crippen molar-refractivity contribution in [2.75, 3.05) is 12.3 Å². The second-order valence-corrected chi connectivity index (χ2v) is 8.93.